The molecule has 2 rings (SSSR count). The van der Waals surface area contributed by atoms with Crippen LogP contribution in [-0.4, -0.2) is 45.0 Å². The Morgan fingerprint density at radius 3 is 2.79 bits per heavy atom. The van der Waals surface area contributed by atoms with Gasteiger partial charge in [-0.2, -0.15) is 0 Å². The molecule has 0 amide bonds. The molecule has 0 aromatic carbocycles. The lowest BCUT2D eigenvalue weighted by atomic mass is 10.2. The van der Waals surface area contributed by atoms with E-state index in [1.807, 2.05) is 14.0 Å². The minimum atomic E-state index is -2.86. The Morgan fingerprint density at radius 2 is 2.11 bits per heavy atom. The summed E-state index contributed by atoms with van der Waals surface area (Å²) in [5.74, 6) is 0.538. The third-order valence-electron chi connectivity index (χ3n) is 3.47. The Balaban J connectivity index is 2.18. The SMILES string of the molecule is CNC(C)c1sc(N2CCCS(=O)(=O)CC2)nc1C. The quantitative estimate of drug-likeness (QED) is 0.913. The summed E-state index contributed by atoms with van der Waals surface area (Å²) in [6.07, 6.45) is 0.692. The molecule has 1 N–H and O–H groups in total. The molecular formula is C12H21N3O2S2. The van der Waals surface area contributed by atoms with Gasteiger partial charge in [-0.1, -0.05) is 0 Å². The molecule has 1 aromatic rings. The van der Waals surface area contributed by atoms with Gasteiger partial charge in [0.25, 0.3) is 0 Å². The van der Waals surface area contributed by atoms with E-state index in [9.17, 15) is 8.42 Å². The Morgan fingerprint density at radius 1 is 1.37 bits per heavy atom. The molecule has 108 valence electrons. The van der Waals surface area contributed by atoms with Gasteiger partial charge >= 0.3 is 0 Å². The monoisotopic (exact) mass is 303 g/mol. The number of hydrogen-bond acceptors (Lipinski definition) is 6. The molecule has 7 heteroatoms. The van der Waals surface area contributed by atoms with Crippen LogP contribution in [0.3, 0.4) is 0 Å². The standard InChI is InChI=1S/C12H21N3O2S2/c1-9(13-3)11-10(2)14-12(18-11)15-5-4-7-19(16,17)8-6-15/h9,13H,4-8H2,1-3H3. The Bertz CT molecular complexity index is 539. The lowest BCUT2D eigenvalue weighted by Crippen LogP contribution is -2.26. The van der Waals surface area contributed by atoms with Crippen LogP contribution in [0.1, 0.15) is 30.0 Å². The Kier molecular flexibility index (Phi) is 4.47. The van der Waals surface area contributed by atoms with Crippen LogP contribution in [0.4, 0.5) is 5.13 Å². The summed E-state index contributed by atoms with van der Waals surface area (Å²) < 4.78 is 23.2. The fraction of sp³-hybridized carbons (Fsp3) is 0.750. The maximum absolute atomic E-state index is 11.6. The van der Waals surface area contributed by atoms with Crippen molar-refractivity contribution in [1.82, 2.24) is 10.3 Å². The third kappa shape index (κ3) is 3.46. The number of anilines is 1. The van der Waals surface area contributed by atoms with Gasteiger partial charge in [-0.25, -0.2) is 13.4 Å². The first-order valence-corrected chi connectivity index (χ1v) is 9.16. The van der Waals surface area contributed by atoms with Crippen LogP contribution in [0.25, 0.3) is 0 Å². The summed E-state index contributed by atoms with van der Waals surface area (Å²) in [7, 11) is -0.929. The van der Waals surface area contributed by atoms with Crippen molar-refractivity contribution in [3.05, 3.63) is 10.6 Å². The lowest BCUT2D eigenvalue weighted by Gasteiger charge is -2.18. The van der Waals surface area contributed by atoms with E-state index in [4.69, 9.17) is 0 Å². The molecule has 1 fully saturated rings. The summed E-state index contributed by atoms with van der Waals surface area (Å²) >= 11 is 1.67. The molecule has 1 aliphatic heterocycles. The van der Waals surface area contributed by atoms with Gasteiger partial charge in [-0.3, -0.25) is 0 Å². The number of rotatable bonds is 3. The van der Waals surface area contributed by atoms with Crippen LogP contribution in [0.15, 0.2) is 0 Å². The highest BCUT2D eigenvalue weighted by atomic mass is 32.2. The molecule has 0 bridgehead atoms. The van der Waals surface area contributed by atoms with Crippen LogP contribution < -0.4 is 10.2 Å². The maximum atomic E-state index is 11.6. The molecule has 0 saturated carbocycles. The number of nitrogens with zero attached hydrogens (tertiary/aromatic N) is 2. The van der Waals surface area contributed by atoms with Crippen molar-refractivity contribution in [2.75, 3.05) is 36.5 Å². The molecule has 1 unspecified atom stereocenters. The third-order valence-corrected chi connectivity index (χ3v) is 6.59. The first-order valence-electron chi connectivity index (χ1n) is 6.53. The summed E-state index contributed by atoms with van der Waals surface area (Å²) in [6, 6.07) is 0.280. The van der Waals surface area contributed by atoms with Gasteiger partial charge in [0.2, 0.25) is 0 Å². The van der Waals surface area contributed by atoms with Crippen molar-refractivity contribution < 1.29 is 8.42 Å². The van der Waals surface area contributed by atoms with Crippen molar-refractivity contribution in [2.24, 2.45) is 0 Å². The fourth-order valence-electron chi connectivity index (χ4n) is 2.19. The molecule has 0 aliphatic carbocycles. The molecule has 1 atom stereocenters. The summed E-state index contributed by atoms with van der Waals surface area (Å²) in [6.45, 7) is 5.46. The van der Waals surface area contributed by atoms with Crippen molar-refractivity contribution in [3.8, 4) is 0 Å². The van der Waals surface area contributed by atoms with Crippen molar-refractivity contribution in [1.29, 1.82) is 0 Å². The van der Waals surface area contributed by atoms with Crippen molar-refractivity contribution >= 4 is 26.3 Å². The predicted molar refractivity (Wildman–Crippen MR) is 79.8 cm³/mol. The number of thiazole rings is 1. The van der Waals surface area contributed by atoms with Gasteiger partial charge in [0, 0.05) is 24.0 Å². The average Bonchev–Trinajstić information content (AvgIpc) is 2.64. The molecule has 2 heterocycles. The molecular weight excluding hydrogens is 282 g/mol. The van der Waals surface area contributed by atoms with E-state index in [1.54, 1.807) is 11.3 Å². The van der Waals surface area contributed by atoms with Gasteiger partial charge in [0.05, 0.1) is 17.2 Å². The molecule has 0 spiro atoms. The van der Waals surface area contributed by atoms with Crippen LogP contribution in [0.2, 0.25) is 0 Å². The second-order valence-corrected chi connectivity index (χ2v) is 8.26. The van der Waals surface area contributed by atoms with Crippen LogP contribution in [-0.2, 0) is 9.84 Å². The van der Waals surface area contributed by atoms with E-state index in [1.165, 1.54) is 4.88 Å². The zero-order valence-corrected chi connectivity index (χ0v) is 13.3. The summed E-state index contributed by atoms with van der Waals surface area (Å²) in [4.78, 5) is 7.93. The second-order valence-electron chi connectivity index (χ2n) is 4.95. The van der Waals surface area contributed by atoms with Gasteiger partial charge in [-0.15, -0.1) is 11.3 Å². The molecule has 5 nitrogen and oxygen atoms in total. The van der Waals surface area contributed by atoms with Gasteiger partial charge in [-0.05, 0) is 27.3 Å². The van der Waals surface area contributed by atoms with Crippen LogP contribution in [0, 0.1) is 6.92 Å². The smallest absolute Gasteiger partial charge is 0.185 e. The predicted octanol–water partition coefficient (Wildman–Crippen LogP) is 1.36. The van der Waals surface area contributed by atoms with Crippen molar-refractivity contribution in [3.63, 3.8) is 0 Å². The van der Waals surface area contributed by atoms with Crippen LogP contribution >= 0.6 is 11.3 Å². The first kappa shape index (κ1) is 14.7. The zero-order valence-electron chi connectivity index (χ0n) is 11.6. The van der Waals surface area contributed by atoms with E-state index in [2.05, 4.69) is 22.1 Å². The molecule has 1 aromatic heterocycles. The highest BCUT2D eigenvalue weighted by molar-refractivity contribution is 7.91. The highest BCUT2D eigenvalue weighted by Gasteiger charge is 2.22. The number of aromatic nitrogens is 1. The number of sulfone groups is 1. The number of nitrogens with one attached hydrogen (secondary N) is 1. The summed E-state index contributed by atoms with van der Waals surface area (Å²) in [5.41, 5.74) is 1.04. The summed E-state index contributed by atoms with van der Waals surface area (Å²) in [5, 5.41) is 4.17. The fourth-order valence-corrected chi connectivity index (χ4v) is 4.64. The minimum absolute atomic E-state index is 0.239. The zero-order chi connectivity index (χ0) is 14.0. The number of hydrogen-bond donors (Lipinski definition) is 1. The average molecular weight is 303 g/mol. The topological polar surface area (TPSA) is 62.3 Å². The second kappa shape index (κ2) is 5.76. The van der Waals surface area contributed by atoms with Gasteiger partial charge in [0.1, 0.15) is 0 Å². The lowest BCUT2D eigenvalue weighted by molar-refractivity contribution is 0.597. The molecule has 1 saturated heterocycles. The molecule has 19 heavy (non-hydrogen) atoms. The van der Waals surface area contributed by atoms with Gasteiger partial charge < -0.3 is 10.2 Å². The Labute approximate surface area is 119 Å². The maximum Gasteiger partial charge on any atom is 0.185 e. The normalized spacial score (nSPS) is 21.1. The van der Waals surface area contributed by atoms with Crippen molar-refractivity contribution in [2.45, 2.75) is 26.3 Å². The first-order chi connectivity index (χ1) is 8.93. The molecule has 0 radical (unpaired) electrons. The van der Waals surface area contributed by atoms with E-state index in [0.717, 1.165) is 17.4 Å². The van der Waals surface area contributed by atoms with Gasteiger partial charge in [0.15, 0.2) is 15.0 Å². The molecule has 1 aliphatic rings. The van der Waals surface area contributed by atoms with E-state index in [0.29, 0.717) is 18.7 Å². The van der Waals surface area contributed by atoms with E-state index < -0.39 is 9.84 Å². The highest BCUT2D eigenvalue weighted by Crippen LogP contribution is 2.31. The van der Waals surface area contributed by atoms with E-state index in [-0.39, 0.29) is 11.8 Å². The largest absolute Gasteiger partial charge is 0.347 e. The van der Waals surface area contributed by atoms with Crippen LogP contribution in [0.5, 0.6) is 0 Å². The number of aryl methyl sites for hydroxylation is 1. The minimum Gasteiger partial charge on any atom is -0.347 e. The van der Waals surface area contributed by atoms with E-state index >= 15 is 0 Å². The Hall–Kier alpha value is -0.660.